The lowest BCUT2D eigenvalue weighted by molar-refractivity contribution is 0.601. The summed E-state index contributed by atoms with van der Waals surface area (Å²) in [6.45, 7) is 3.60. The maximum Gasteiger partial charge on any atom is 0.177 e. The van der Waals surface area contributed by atoms with Crippen molar-refractivity contribution in [3.05, 3.63) is 23.5 Å². The van der Waals surface area contributed by atoms with Crippen LogP contribution in [0.2, 0.25) is 0 Å². The van der Waals surface area contributed by atoms with Gasteiger partial charge in [-0.25, -0.2) is 8.42 Å². The van der Waals surface area contributed by atoms with Crippen LogP contribution >= 0.6 is 0 Å². The van der Waals surface area contributed by atoms with Crippen LogP contribution in [0.25, 0.3) is 0 Å². The summed E-state index contributed by atoms with van der Waals surface area (Å²) >= 11 is 0. The van der Waals surface area contributed by atoms with E-state index in [9.17, 15) is 8.42 Å². The number of hydrogen-bond donors (Lipinski definition) is 0. The predicted octanol–water partition coefficient (Wildman–Crippen LogP) is 1.10. The lowest BCUT2D eigenvalue weighted by Crippen LogP contribution is -2.01. The van der Waals surface area contributed by atoms with E-state index in [-0.39, 0.29) is 0 Å². The topological polar surface area (TPSA) is 47.0 Å². The van der Waals surface area contributed by atoms with Gasteiger partial charge in [-0.3, -0.25) is 4.98 Å². The van der Waals surface area contributed by atoms with Crippen LogP contribution in [0, 0.1) is 13.8 Å². The molecule has 0 aliphatic rings. The second-order valence-corrected chi connectivity index (χ2v) is 4.85. The molecule has 1 heterocycles. The molecule has 0 aromatic carbocycles. The van der Waals surface area contributed by atoms with Gasteiger partial charge in [0.2, 0.25) is 0 Å². The molecule has 0 bridgehead atoms. The third-order valence-corrected chi connectivity index (χ3v) is 2.83. The van der Waals surface area contributed by atoms with Crippen molar-refractivity contribution in [2.24, 2.45) is 0 Å². The number of rotatable bonds is 1. The van der Waals surface area contributed by atoms with Crippen molar-refractivity contribution in [1.29, 1.82) is 0 Å². The highest BCUT2D eigenvalue weighted by Crippen LogP contribution is 2.13. The predicted molar refractivity (Wildman–Crippen MR) is 46.8 cm³/mol. The van der Waals surface area contributed by atoms with Crippen molar-refractivity contribution in [2.75, 3.05) is 6.26 Å². The highest BCUT2D eigenvalue weighted by Gasteiger charge is 2.10. The fourth-order valence-electron chi connectivity index (χ4n) is 1.07. The Kier molecular flexibility index (Phi) is 2.19. The Labute approximate surface area is 72.4 Å². The summed E-state index contributed by atoms with van der Waals surface area (Å²) in [5, 5.41) is 0. The molecule has 0 aliphatic carbocycles. The first-order valence-corrected chi connectivity index (χ1v) is 5.43. The molecule has 0 unspecified atom stereocenters. The quantitative estimate of drug-likeness (QED) is 0.658. The summed E-state index contributed by atoms with van der Waals surface area (Å²) < 4.78 is 22.3. The Bertz CT molecular complexity index is 396. The van der Waals surface area contributed by atoms with Gasteiger partial charge in [0.1, 0.15) is 0 Å². The summed E-state index contributed by atoms with van der Waals surface area (Å²) in [6, 6.07) is 1.76. The Balaban J connectivity index is 3.39. The molecular weight excluding hydrogens is 174 g/mol. The van der Waals surface area contributed by atoms with Crippen molar-refractivity contribution in [2.45, 2.75) is 18.7 Å². The summed E-state index contributed by atoms with van der Waals surface area (Å²) in [7, 11) is -3.11. The summed E-state index contributed by atoms with van der Waals surface area (Å²) in [6.07, 6.45) is 2.59. The van der Waals surface area contributed by atoms with E-state index in [0.29, 0.717) is 4.90 Å². The van der Waals surface area contributed by atoms with Crippen LogP contribution in [-0.4, -0.2) is 19.7 Å². The third kappa shape index (κ3) is 1.82. The van der Waals surface area contributed by atoms with Crippen molar-refractivity contribution < 1.29 is 8.42 Å². The van der Waals surface area contributed by atoms with Gasteiger partial charge in [0.05, 0.1) is 4.90 Å². The average Bonchev–Trinajstić information content (AvgIpc) is 1.83. The van der Waals surface area contributed by atoms with E-state index in [1.807, 2.05) is 6.92 Å². The molecule has 1 aromatic heterocycles. The number of aryl methyl sites for hydroxylation is 2. The monoisotopic (exact) mass is 185 g/mol. The van der Waals surface area contributed by atoms with Gasteiger partial charge < -0.3 is 0 Å². The molecule has 0 atom stereocenters. The highest BCUT2D eigenvalue weighted by atomic mass is 32.2. The fourth-order valence-corrected chi connectivity index (χ4v) is 1.96. The van der Waals surface area contributed by atoms with Gasteiger partial charge in [-0.15, -0.1) is 0 Å². The Morgan fingerprint density at radius 1 is 1.33 bits per heavy atom. The molecule has 0 saturated heterocycles. The lowest BCUT2D eigenvalue weighted by Gasteiger charge is -2.02. The Morgan fingerprint density at radius 3 is 2.33 bits per heavy atom. The standard InChI is InChI=1S/C8H11NO2S/c1-6-4-7(2)9-5-8(6)12(3,10)11/h4-5H,1-3H3. The molecule has 0 aliphatic heterocycles. The minimum absolute atomic E-state index is 0.313. The maximum atomic E-state index is 11.1. The average molecular weight is 185 g/mol. The van der Waals surface area contributed by atoms with Gasteiger partial charge in [0.15, 0.2) is 9.84 Å². The van der Waals surface area contributed by atoms with E-state index in [4.69, 9.17) is 0 Å². The first-order chi connectivity index (χ1) is 5.41. The molecule has 0 radical (unpaired) electrons. The van der Waals surface area contributed by atoms with E-state index in [2.05, 4.69) is 4.98 Å². The van der Waals surface area contributed by atoms with Gasteiger partial charge in [-0.05, 0) is 25.5 Å². The number of aromatic nitrogens is 1. The Hall–Kier alpha value is -0.900. The van der Waals surface area contributed by atoms with E-state index in [1.54, 1.807) is 13.0 Å². The number of hydrogen-bond acceptors (Lipinski definition) is 3. The summed E-state index contributed by atoms with van der Waals surface area (Å²) in [5.74, 6) is 0. The zero-order valence-corrected chi connectivity index (χ0v) is 8.14. The molecule has 0 N–H and O–H groups in total. The number of nitrogens with zero attached hydrogens (tertiary/aromatic N) is 1. The van der Waals surface area contributed by atoms with Gasteiger partial charge in [-0.2, -0.15) is 0 Å². The van der Waals surface area contributed by atoms with Gasteiger partial charge in [-0.1, -0.05) is 0 Å². The zero-order chi connectivity index (χ0) is 9.35. The SMILES string of the molecule is Cc1cc(C)c(S(C)(=O)=O)cn1. The van der Waals surface area contributed by atoms with Crippen molar-refractivity contribution in [3.63, 3.8) is 0 Å². The molecule has 1 aromatic rings. The second-order valence-electron chi connectivity index (χ2n) is 2.86. The van der Waals surface area contributed by atoms with Gasteiger partial charge >= 0.3 is 0 Å². The minimum atomic E-state index is -3.11. The maximum absolute atomic E-state index is 11.1. The van der Waals surface area contributed by atoms with E-state index in [1.165, 1.54) is 12.5 Å². The van der Waals surface area contributed by atoms with Crippen LogP contribution in [0.3, 0.4) is 0 Å². The molecule has 1 rings (SSSR count). The van der Waals surface area contributed by atoms with Crippen LogP contribution in [0.1, 0.15) is 11.3 Å². The van der Waals surface area contributed by atoms with Crippen LogP contribution in [0.15, 0.2) is 17.2 Å². The van der Waals surface area contributed by atoms with Crippen LogP contribution in [0.5, 0.6) is 0 Å². The Morgan fingerprint density at radius 2 is 1.92 bits per heavy atom. The van der Waals surface area contributed by atoms with E-state index >= 15 is 0 Å². The fraction of sp³-hybridized carbons (Fsp3) is 0.375. The van der Waals surface area contributed by atoms with Crippen molar-refractivity contribution in [3.8, 4) is 0 Å². The minimum Gasteiger partial charge on any atom is -0.260 e. The van der Waals surface area contributed by atoms with E-state index < -0.39 is 9.84 Å². The zero-order valence-electron chi connectivity index (χ0n) is 7.33. The molecule has 66 valence electrons. The molecule has 0 saturated carbocycles. The molecule has 12 heavy (non-hydrogen) atoms. The molecule has 0 spiro atoms. The summed E-state index contributed by atoms with van der Waals surface area (Å²) in [5.41, 5.74) is 1.59. The second kappa shape index (κ2) is 2.86. The van der Waals surface area contributed by atoms with Gasteiger partial charge in [0, 0.05) is 18.1 Å². The van der Waals surface area contributed by atoms with E-state index in [0.717, 1.165) is 11.3 Å². The largest absolute Gasteiger partial charge is 0.260 e. The van der Waals surface area contributed by atoms with Gasteiger partial charge in [0.25, 0.3) is 0 Å². The molecule has 4 heteroatoms. The normalized spacial score (nSPS) is 11.6. The van der Waals surface area contributed by atoms with Crippen LogP contribution in [-0.2, 0) is 9.84 Å². The number of pyridine rings is 1. The molecule has 0 amide bonds. The first kappa shape index (κ1) is 9.19. The lowest BCUT2D eigenvalue weighted by atomic mass is 10.2. The molecule has 3 nitrogen and oxygen atoms in total. The third-order valence-electron chi connectivity index (χ3n) is 1.60. The van der Waals surface area contributed by atoms with Crippen LogP contribution in [0.4, 0.5) is 0 Å². The van der Waals surface area contributed by atoms with Crippen molar-refractivity contribution in [1.82, 2.24) is 4.98 Å². The summed E-state index contributed by atoms with van der Waals surface area (Å²) in [4.78, 5) is 4.24. The smallest absolute Gasteiger partial charge is 0.177 e. The van der Waals surface area contributed by atoms with Crippen molar-refractivity contribution >= 4 is 9.84 Å². The van der Waals surface area contributed by atoms with Crippen LogP contribution < -0.4 is 0 Å². The highest BCUT2D eigenvalue weighted by molar-refractivity contribution is 7.90. The number of sulfone groups is 1. The molecular formula is C8H11NO2S. The first-order valence-electron chi connectivity index (χ1n) is 3.54. The molecule has 0 fully saturated rings.